The predicted molar refractivity (Wildman–Crippen MR) is 106 cm³/mol. The molecule has 2 heterocycles. The number of hydrogen-bond donors (Lipinski definition) is 0. The van der Waals surface area contributed by atoms with E-state index in [4.69, 9.17) is 0 Å². The van der Waals surface area contributed by atoms with Gasteiger partial charge in [-0.05, 0) is 47.9 Å². The van der Waals surface area contributed by atoms with E-state index in [1.54, 1.807) is 0 Å². The largest absolute Gasteiger partial charge is 0.338 e. The molecule has 1 fully saturated rings. The van der Waals surface area contributed by atoms with Gasteiger partial charge in [0.05, 0.1) is 11.6 Å². The van der Waals surface area contributed by atoms with Gasteiger partial charge in [0.25, 0.3) is 5.91 Å². The van der Waals surface area contributed by atoms with Crippen molar-refractivity contribution in [3.05, 3.63) is 72.3 Å². The monoisotopic (exact) mass is 356 g/mol. The van der Waals surface area contributed by atoms with E-state index in [1.165, 1.54) is 0 Å². The Bertz CT molecular complexity index is 1130. The molecule has 0 saturated carbocycles. The number of benzene rings is 3. The molecule has 1 saturated heterocycles. The predicted octanol–water partition coefficient (Wildman–Crippen LogP) is 4.06. The summed E-state index contributed by atoms with van der Waals surface area (Å²) in [6, 6.07) is 22.4. The van der Waals surface area contributed by atoms with Crippen molar-refractivity contribution < 1.29 is 4.79 Å². The number of aromatic nitrogens is 3. The van der Waals surface area contributed by atoms with Crippen LogP contribution in [0.2, 0.25) is 0 Å². The lowest BCUT2D eigenvalue weighted by molar-refractivity contribution is 0.0691. The minimum Gasteiger partial charge on any atom is -0.338 e. The molecular weight excluding hydrogens is 336 g/mol. The second kappa shape index (κ2) is 6.50. The van der Waals surface area contributed by atoms with Gasteiger partial charge in [-0.15, -0.1) is 5.10 Å². The van der Waals surface area contributed by atoms with Crippen molar-refractivity contribution in [2.75, 3.05) is 13.1 Å². The smallest absolute Gasteiger partial charge is 0.253 e. The van der Waals surface area contributed by atoms with E-state index in [2.05, 4.69) is 22.4 Å². The molecule has 0 N–H and O–H groups in total. The molecule has 134 valence electrons. The molecule has 1 amide bonds. The summed E-state index contributed by atoms with van der Waals surface area (Å²) in [5, 5.41) is 10.9. The molecule has 1 aliphatic rings. The molecule has 5 rings (SSSR count). The number of carbonyl (C=O) groups excluding carboxylic acids is 1. The van der Waals surface area contributed by atoms with Crippen LogP contribution < -0.4 is 0 Å². The molecule has 0 atom stereocenters. The summed E-state index contributed by atoms with van der Waals surface area (Å²) in [7, 11) is 0. The molecule has 0 bridgehead atoms. The number of piperidine rings is 1. The van der Waals surface area contributed by atoms with E-state index in [1.807, 2.05) is 64.2 Å². The van der Waals surface area contributed by atoms with Gasteiger partial charge in [0.2, 0.25) is 0 Å². The van der Waals surface area contributed by atoms with Crippen LogP contribution in [0.3, 0.4) is 0 Å². The van der Waals surface area contributed by atoms with Crippen molar-refractivity contribution in [1.29, 1.82) is 0 Å². The highest BCUT2D eigenvalue weighted by Crippen LogP contribution is 2.26. The first kappa shape index (κ1) is 16.0. The molecule has 0 aliphatic carbocycles. The summed E-state index contributed by atoms with van der Waals surface area (Å²) in [5.74, 6) is 0.114. The lowest BCUT2D eigenvalue weighted by atomic mass is 10.0. The average Bonchev–Trinajstić information content (AvgIpc) is 3.17. The summed E-state index contributed by atoms with van der Waals surface area (Å²) in [6.07, 6.45) is 1.79. The molecule has 1 aliphatic heterocycles. The van der Waals surface area contributed by atoms with E-state index in [-0.39, 0.29) is 11.9 Å². The number of amides is 1. The average molecular weight is 356 g/mol. The van der Waals surface area contributed by atoms with Crippen LogP contribution in [0.1, 0.15) is 29.2 Å². The van der Waals surface area contributed by atoms with E-state index in [0.717, 1.165) is 53.3 Å². The summed E-state index contributed by atoms with van der Waals surface area (Å²) >= 11 is 0. The molecule has 5 nitrogen and oxygen atoms in total. The second-order valence-electron chi connectivity index (χ2n) is 7.11. The van der Waals surface area contributed by atoms with Crippen LogP contribution >= 0.6 is 0 Å². The van der Waals surface area contributed by atoms with Gasteiger partial charge in [0, 0.05) is 18.7 Å². The zero-order valence-corrected chi connectivity index (χ0v) is 15.0. The summed E-state index contributed by atoms with van der Waals surface area (Å²) < 4.78 is 2.02. The standard InChI is InChI=1S/C22H20N4O/c27-22(18-10-9-16-5-1-2-6-17(16)15-18)25-13-11-19(12-14-25)26-21-8-4-3-7-20(21)23-24-26/h1-10,15,19H,11-14H2. The summed E-state index contributed by atoms with van der Waals surface area (Å²) in [4.78, 5) is 14.9. The minimum atomic E-state index is 0.114. The maximum Gasteiger partial charge on any atom is 0.253 e. The SMILES string of the molecule is O=C(c1ccc2ccccc2c1)N1CCC(n2nnc3ccccc32)CC1. The highest BCUT2D eigenvalue weighted by atomic mass is 16.2. The van der Waals surface area contributed by atoms with Crippen LogP contribution in [0.15, 0.2) is 66.7 Å². The van der Waals surface area contributed by atoms with Gasteiger partial charge in [0.1, 0.15) is 5.52 Å². The molecule has 5 heteroatoms. The topological polar surface area (TPSA) is 51.0 Å². The van der Waals surface area contributed by atoms with Gasteiger partial charge in [-0.2, -0.15) is 0 Å². The number of fused-ring (bicyclic) bond motifs is 2. The van der Waals surface area contributed by atoms with Crippen LogP contribution in [0.4, 0.5) is 0 Å². The minimum absolute atomic E-state index is 0.114. The van der Waals surface area contributed by atoms with Gasteiger partial charge in [0.15, 0.2) is 0 Å². The van der Waals surface area contributed by atoms with Crippen LogP contribution in [0, 0.1) is 0 Å². The van der Waals surface area contributed by atoms with Crippen molar-refractivity contribution in [2.24, 2.45) is 0 Å². The van der Waals surface area contributed by atoms with Crippen LogP contribution in [-0.2, 0) is 0 Å². The lowest BCUT2D eigenvalue weighted by Crippen LogP contribution is -2.39. The van der Waals surface area contributed by atoms with Gasteiger partial charge >= 0.3 is 0 Å². The van der Waals surface area contributed by atoms with Gasteiger partial charge in [-0.3, -0.25) is 4.79 Å². The Hall–Kier alpha value is -3.21. The highest BCUT2D eigenvalue weighted by Gasteiger charge is 2.26. The maximum atomic E-state index is 12.9. The van der Waals surface area contributed by atoms with E-state index in [9.17, 15) is 4.79 Å². The van der Waals surface area contributed by atoms with Crippen molar-refractivity contribution in [1.82, 2.24) is 19.9 Å². The van der Waals surface area contributed by atoms with E-state index in [0.29, 0.717) is 0 Å². The van der Waals surface area contributed by atoms with Gasteiger partial charge in [-0.25, -0.2) is 4.68 Å². The third-order valence-electron chi connectivity index (χ3n) is 5.47. The van der Waals surface area contributed by atoms with E-state index >= 15 is 0 Å². The number of carbonyl (C=O) groups is 1. The fraction of sp³-hybridized carbons (Fsp3) is 0.227. The Morgan fingerprint density at radius 2 is 1.63 bits per heavy atom. The second-order valence-corrected chi connectivity index (χ2v) is 7.11. The zero-order chi connectivity index (χ0) is 18.2. The number of likely N-dealkylation sites (tertiary alicyclic amines) is 1. The van der Waals surface area contributed by atoms with Crippen molar-refractivity contribution in [3.63, 3.8) is 0 Å². The Balaban J connectivity index is 1.32. The Kier molecular flexibility index (Phi) is 3.85. The highest BCUT2D eigenvalue weighted by molar-refractivity contribution is 5.98. The number of hydrogen-bond acceptors (Lipinski definition) is 3. The van der Waals surface area contributed by atoms with Crippen LogP contribution in [0.5, 0.6) is 0 Å². The van der Waals surface area contributed by atoms with E-state index < -0.39 is 0 Å². The normalized spacial score (nSPS) is 15.5. The maximum absolute atomic E-state index is 12.9. The van der Waals surface area contributed by atoms with Crippen molar-refractivity contribution in [3.8, 4) is 0 Å². The molecule has 0 radical (unpaired) electrons. The molecule has 0 unspecified atom stereocenters. The Morgan fingerprint density at radius 3 is 2.48 bits per heavy atom. The molecule has 27 heavy (non-hydrogen) atoms. The fourth-order valence-electron chi connectivity index (χ4n) is 3.98. The first-order chi connectivity index (χ1) is 13.3. The molecular formula is C22H20N4O. The lowest BCUT2D eigenvalue weighted by Gasteiger charge is -2.32. The number of nitrogens with zero attached hydrogens (tertiary/aromatic N) is 4. The number of rotatable bonds is 2. The third-order valence-corrected chi connectivity index (χ3v) is 5.47. The molecule has 0 spiro atoms. The van der Waals surface area contributed by atoms with Crippen molar-refractivity contribution in [2.45, 2.75) is 18.9 Å². The third kappa shape index (κ3) is 2.85. The van der Waals surface area contributed by atoms with Gasteiger partial charge < -0.3 is 4.90 Å². The van der Waals surface area contributed by atoms with Crippen molar-refractivity contribution >= 4 is 27.7 Å². The van der Waals surface area contributed by atoms with Crippen LogP contribution in [-0.4, -0.2) is 38.9 Å². The summed E-state index contributed by atoms with van der Waals surface area (Å²) in [5.41, 5.74) is 2.75. The van der Waals surface area contributed by atoms with Crippen LogP contribution in [0.25, 0.3) is 21.8 Å². The number of para-hydroxylation sites is 1. The fourth-order valence-corrected chi connectivity index (χ4v) is 3.98. The van der Waals surface area contributed by atoms with Gasteiger partial charge in [-0.1, -0.05) is 47.7 Å². The molecule has 1 aromatic heterocycles. The molecule has 4 aromatic rings. The quantitative estimate of drug-likeness (QED) is 0.544. The Morgan fingerprint density at radius 1 is 0.889 bits per heavy atom. The Labute approximate surface area is 157 Å². The summed E-state index contributed by atoms with van der Waals surface area (Å²) in [6.45, 7) is 1.48. The first-order valence-corrected chi connectivity index (χ1v) is 9.37. The molecule has 3 aromatic carbocycles. The first-order valence-electron chi connectivity index (χ1n) is 9.37. The zero-order valence-electron chi connectivity index (χ0n) is 15.0.